The van der Waals surface area contributed by atoms with Gasteiger partial charge >= 0.3 is 0 Å². The summed E-state index contributed by atoms with van der Waals surface area (Å²) in [6.45, 7) is 0. The molecular weight excluding hydrogens is 404 g/mol. The second-order valence-electron chi connectivity index (χ2n) is 4.37. The van der Waals surface area contributed by atoms with Crippen molar-refractivity contribution in [1.82, 2.24) is 0 Å². The van der Waals surface area contributed by atoms with E-state index in [9.17, 15) is 15.0 Å². The molecular formula is C15H8Br2O4. The topological polar surface area (TPSA) is 70.7 Å². The molecule has 0 saturated heterocycles. The Labute approximate surface area is 135 Å². The maximum absolute atomic E-state index is 12.4. The van der Waals surface area contributed by atoms with E-state index in [1.54, 1.807) is 30.3 Å². The molecule has 0 amide bonds. The number of rotatable bonds is 1. The average molecular weight is 412 g/mol. The SMILES string of the molecule is O=c1c(Br)c(-c2ccc(O)c(O)c2Br)oc2ccccc12. The minimum Gasteiger partial charge on any atom is -0.504 e. The van der Waals surface area contributed by atoms with Crippen molar-refractivity contribution >= 4 is 42.8 Å². The van der Waals surface area contributed by atoms with Crippen LogP contribution in [0.3, 0.4) is 0 Å². The van der Waals surface area contributed by atoms with Gasteiger partial charge in [0.25, 0.3) is 0 Å². The summed E-state index contributed by atoms with van der Waals surface area (Å²) in [4.78, 5) is 12.4. The van der Waals surface area contributed by atoms with Gasteiger partial charge in [-0.3, -0.25) is 4.79 Å². The summed E-state index contributed by atoms with van der Waals surface area (Å²) in [5.41, 5.74) is 0.700. The second-order valence-corrected chi connectivity index (χ2v) is 5.95. The maximum atomic E-state index is 12.4. The normalized spacial score (nSPS) is 11.0. The number of halogens is 2. The molecule has 0 bridgehead atoms. The van der Waals surface area contributed by atoms with E-state index >= 15 is 0 Å². The number of phenols is 2. The smallest absolute Gasteiger partial charge is 0.207 e. The van der Waals surface area contributed by atoms with Gasteiger partial charge in [-0.1, -0.05) is 12.1 Å². The van der Waals surface area contributed by atoms with Crippen molar-refractivity contribution in [2.45, 2.75) is 0 Å². The molecule has 0 aliphatic heterocycles. The first-order valence-corrected chi connectivity index (χ1v) is 7.51. The largest absolute Gasteiger partial charge is 0.504 e. The molecule has 0 saturated carbocycles. The van der Waals surface area contributed by atoms with Gasteiger partial charge in [-0.25, -0.2) is 0 Å². The minimum atomic E-state index is -0.310. The summed E-state index contributed by atoms with van der Waals surface area (Å²) in [5.74, 6) is -0.291. The highest BCUT2D eigenvalue weighted by atomic mass is 79.9. The molecule has 4 nitrogen and oxygen atoms in total. The molecule has 0 aliphatic rings. The zero-order valence-electron chi connectivity index (χ0n) is 10.4. The monoisotopic (exact) mass is 410 g/mol. The van der Waals surface area contributed by atoms with Gasteiger partial charge in [0.15, 0.2) is 17.3 Å². The van der Waals surface area contributed by atoms with Gasteiger partial charge in [0.05, 0.1) is 9.86 Å². The van der Waals surface area contributed by atoms with E-state index in [1.807, 2.05) is 0 Å². The van der Waals surface area contributed by atoms with Crippen LogP contribution in [0.2, 0.25) is 0 Å². The third kappa shape index (κ3) is 2.24. The van der Waals surface area contributed by atoms with E-state index in [2.05, 4.69) is 31.9 Å². The summed E-state index contributed by atoms with van der Waals surface area (Å²) in [7, 11) is 0. The molecule has 3 aromatic rings. The van der Waals surface area contributed by atoms with E-state index < -0.39 is 0 Å². The summed E-state index contributed by atoms with van der Waals surface area (Å²) in [6, 6.07) is 9.79. The van der Waals surface area contributed by atoms with Crippen LogP contribution in [0.5, 0.6) is 11.5 Å². The number of fused-ring (bicyclic) bond motifs is 1. The van der Waals surface area contributed by atoms with Crippen molar-refractivity contribution in [3.05, 3.63) is 55.6 Å². The molecule has 106 valence electrons. The standard InChI is InChI=1S/C15H8Br2O4/c16-11-8(5-6-9(18)14(11)20)15-12(17)13(19)7-3-1-2-4-10(7)21-15/h1-6,18,20H. The Bertz CT molecular complexity index is 915. The van der Waals surface area contributed by atoms with Crippen molar-refractivity contribution in [3.63, 3.8) is 0 Å². The molecule has 1 heterocycles. The Morgan fingerprint density at radius 2 is 1.67 bits per heavy atom. The van der Waals surface area contributed by atoms with E-state index in [1.165, 1.54) is 6.07 Å². The molecule has 2 aromatic carbocycles. The quantitative estimate of drug-likeness (QED) is 0.582. The average Bonchev–Trinajstić information content (AvgIpc) is 2.49. The third-order valence-electron chi connectivity index (χ3n) is 3.08. The van der Waals surface area contributed by atoms with Crippen LogP contribution in [0.25, 0.3) is 22.3 Å². The number of hydrogen-bond acceptors (Lipinski definition) is 4. The summed E-state index contributed by atoms with van der Waals surface area (Å²) in [6.07, 6.45) is 0. The fourth-order valence-corrected chi connectivity index (χ4v) is 3.05. The summed E-state index contributed by atoms with van der Waals surface area (Å²) in [5, 5.41) is 19.7. The van der Waals surface area contributed by atoms with E-state index in [-0.39, 0.29) is 31.6 Å². The van der Waals surface area contributed by atoms with Crippen LogP contribution in [0.15, 0.2) is 54.6 Å². The van der Waals surface area contributed by atoms with E-state index in [4.69, 9.17) is 4.42 Å². The van der Waals surface area contributed by atoms with Crippen LogP contribution in [0.1, 0.15) is 0 Å². The van der Waals surface area contributed by atoms with Crippen LogP contribution in [-0.4, -0.2) is 10.2 Å². The molecule has 0 fully saturated rings. The predicted octanol–water partition coefficient (Wildman–Crippen LogP) is 4.40. The van der Waals surface area contributed by atoms with Gasteiger partial charge in [-0.2, -0.15) is 0 Å². The van der Waals surface area contributed by atoms with Gasteiger partial charge < -0.3 is 14.6 Å². The van der Waals surface area contributed by atoms with Crippen LogP contribution in [-0.2, 0) is 0 Å². The molecule has 21 heavy (non-hydrogen) atoms. The first-order valence-electron chi connectivity index (χ1n) is 5.93. The fourth-order valence-electron chi connectivity index (χ4n) is 2.02. The lowest BCUT2D eigenvalue weighted by Gasteiger charge is -2.09. The Morgan fingerprint density at radius 1 is 0.952 bits per heavy atom. The number of hydrogen-bond donors (Lipinski definition) is 2. The van der Waals surface area contributed by atoms with Crippen LogP contribution in [0.4, 0.5) is 0 Å². The molecule has 6 heteroatoms. The van der Waals surface area contributed by atoms with Gasteiger partial charge in [0.2, 0.25) is 5.43 Å². The molecule has 0 unspecified atom stereocenters. The van der Waals surface area contributed by atoms with Crippen LogP contribution in [0, 0.1) is 0 Å². The highest BCUT2D eigenvalue weighted by Gasteiger charge is 2.19. The third-order valence-corrected chi connectivity index (χ3v) is 4.60. The number of benzene rings is 2. The molecule has 0 spiro atoms. The van der Waals surface area contributed by atoms with Gasteiger partial charge in [-0.15, -0.1) is 0 Å². The molecule has 1 aromatic heterocycles. The van der Waals surface area contributed by atoms with Gasteiger partial charge in [0.1, 0.15) is 10.1 Å². The minimum absolute atomic E-state index is 0.202. The Hall–Kier alpha value is -1.79. The van der Waals surface area contributed by atoms with Crippen molar-refractivity contribution in [1.29, 1.82) is 0 Å². The number of para-hydroxylation sites is 1. The Kier molecular flexibility index (Phi) is 3.51. The lowest BCUT2D eigenvalue weighted by molar-refractivity contribution is 0.401. The predicted molar refractivity (Wildman–Crippen MR) is 86.6 cm³/mol. The lowest BCUT2D eigenvalue weighted by atomic mass is 10.1. The number of aromatic hydroxyl groups is 2. The molecule has 0 atom stereocenters. The Balaban J connectivity index is 2.39. The highest BCUT2D eigenvalue weighted by molar-refractivity contribution is 9.11. The Morgan fingerprint density at radius 3 is 2.43 bits per heavy atom. The molecule has 0 radical (unpaired) electrons. The molecule has 3 rings (SSSR count). The number of phenolic OH excluding ortho intramolecular Hbond substituents is 2. The first kappa shape index (κ1) is 14.2. The van der Waals surface area contributed by atoms with Gasteiger partial charge in [-0.05, 0) is 56.1 Å². The van der Waals surface area contributed by atoms with Crippen LogP contribution < -0.4 is 5.43 Å². The van der Waals surface area contributed by atoms with Crippen molar-refractivity contribution in [2.75, 3.05) is 0 Å². The van der Waals surface area contributed by atoms with Crippen LogP contribution >= 0.6 is 31.9 Å². The molecule has 2 N–H and O–H groups in total. The van der Waals surface area contributed by atoms with E-state index in [0.717, 1.165) is 0 Å². The van der Waals surface area contributed by atoms with Crippen molar-refractivity contribution in [2.24, 2.45) is 0 Å². The maximum Gasteiger partial charge on any atom is 0.207 e. The lowest BCUT2D eigenvalue weighted by Crippen LogP contribution is -2.04. The van der Waals surface area contributed by atoms with Gasteiger partial charge in [0, 0.05) is 5.56 Å². The van der Waals surface area contributed by atoms with Crippen molar-refractivity contribution < 1.29 is 14.6 Å². The summed E-state index contributed by atoms with van der Waals surface area (Å²) < 4.78 is 6.27. The molecule has 0 aliphatic carbocycles. The first-order chi connectivity index (χ1) is 10.0. The fraction of sp³-hybridized carbons (Fsp3) is 0. The highest BCUT2D eigenvalue weighted by Crippen LogP contribution is 2.42. The van der Waals surface area contributed by atoms with E-state index in [0.29, 0.717) is 16.5 Å². The second kappa shape index (κ2) is 5.20. The summed E-state index contributed by atoms with van der Waals surface area (Å²) >= 11 is 6.44. The zero-order chi connectivity index (χ0) is 15.1. The zero-order valence-corrected chi connectivity index (χ0v) is 13.6. The van der Waals surface area contributed by atoms with Crippen molar-refractivity contribution in [3.8, 4) is 22.8 Å².